The molecule has 1 heterocycles. The number of rotatable bonds is 5. The molecule has 0 aliphatic carbocycles. The van der Waals surface area contributed by atoms with Gasteiger partial charge in [0.25, 0.3) is 0 Å². The van der Waals surface area contributed by atoms with E-state index in [1.165, 1.54) is 32.5 Å². The maximum atomic E-state index is 11.7. The molecule has 1 aromatic carbocycles. The Kier molecular flexibility index (Phi) is 8.12. The van der Waals surface area contributed by atoms with Crippen molar-refractivity contribution in [3.63, 3.8) is 0 Å². The minimum absolute atomic E-state index is 0.101. The van der Waals surface area contributed by atoms with Crippen LogP contribution in [0.15, 0.2) is 24.3 Å². The predicted octanol–water partition coefficient (Wildman–Crippen LogP) is 2.94. The van der Waals surface area contributed by atoms with E-state index < -0.39 is 36.2 Å². The molecule has 1 saturated heterocycles. The molecule has 0 spiro atoms. The van der Waals surface area contributed by atoms with Gasteiger partial charge in [-0.3, -0.25) is 14.4 Å². The van der Waals surface area contributed by atoms with Gasteiger partial charge in [0, 0.05) is 26.5 Å². The van der Waals surface area contributed by atoms with Gasteiger partial charge in [-0.1, -0.05) is 34.7 Å². The third-order valence-corrected chi connectivity index (χ3v) is 7.46. The minimum atomic E-state index is -0.896. The van der Waals surface area contributed by atoms with Gasteiger partial charge in [-0.15, -0.1) is 11.8 Å². The SMILES string of the molecule is CC(=O)OC1CSC(C(I)c2ccc(C#N)cc2)C(OC(C)=O)C1OC(C)=O. The summed E-state index contributed by atoms with van der Waals surface area (Å²) in [6.45, 7) is 3.82. The molecule has 5 unspecified atom stereocenters. The molecule has 7 nitrogen and oxygen atoms in total. The van der Waals surface area contributed by atoms with Crippen LogP contribution >= 0.6 is 34.4 Å². The van der Waals surface area contributed by atoms with Crippen LogP contribution in [0.2, 0.25) is 0 Å². The van der Waals surface area contributed by atoms with Crippen molar-refractivity contribution < 1.29 is 28.6 Å². The van der Waals surface area contributed by atoms with Gasteiger partial charge >= 0.3 is 17.9 Å². The Bertz CT molecular complexity index is 778. The number of hydrogen-bond acceptors (Lipinski definition) is 8. The molecular weight excluding hydrogens is 497 g/mol. The molecule has 2 rings (SSSR count). The number of carbonyl (C=O) groups excluding carboxylic acids is 3. The average Bonchev–Trinajstić information content (AvgIpc) is 2.63. The molecule has 1 aliphatic rings. The third-order valence-electron chi connectivity index (χ3n) is 4.04. The van der Waals surface area contributed by atoms with Crippen molar-refractivity contribution in [2.24, 2.45) is 0 Å². The van der Waals surface area contributed by atoms with Gasteiger partial charge < -0.3 is 14.2 Å². The Morgan fingerprint density at radius 2 is 1.57 bits per heavy atom. The molecule has 1 aliphatic heterocycles. The predicted molar refractivity (Wildman–Crippen MR) is 111 cm³/mol. The summed E-state index contributed by atoms with van der Waals surface area (Å²) < 4.78 is 16.2. The Hall–Kier alpha value is -1.80. The Morgan fingerprint density at radius 1 is 1.04 bits per heavy atom. The van der Waals surface area contributed by atoms with Gasteiger partial charge in [0.1, 0.15) is 0 Å². The molecule has 5 atom stereocenters. The second-order valence-corrected chi connectivity index (χ2v) is 8.78. The van der Waals surface area contributed by atoms with E-state index in [2.05, 4.69) is 28.7 Å². The van der Waals surface area contributed by atoms with Crippen LogP contribution in [0.5, 0.6) is 0 Å². The number of benzene rings is 1. The Balaban J connectivity index is 2.35. The minimum Gasteiger partial charge on any atom is -0.458 e. The quantitative estimate of drug-likeness (QED) is 0.254. The smallest absolute Gasteiger partial charge is 0.303 e. The molecule has 0 N–H and O–H groups in total. The van der Waals surface area contributed by atoms with Gasteiger partial charge in [-0.05, 0) is 17.7 Å². The molecule has 0 amide bonds. The zero-order valence-electron chi connectivity index (χ0n) is 15.6. The highest BCUT2D eigenvalue weighted by Gasteiger charge is 2.48. The molecule has 9 heteroatoms. The number of ether oxygens (including phenoxy) is 3. The monoisotopic (exact) mass is 517 g/mol. The summed E-state index contributed by atoms with van der Waals surface area (Å²) >= 11 is 3.73. The van der Waals surface area contributed by atoms with Crippen molar-refractivity contribution in [3.05, 3.63) is 35.4 Å². The van der Waals surface area contributed by atoms with E-state index in [9.17, 15) is 14.4 Å². The lowest BCUT2D eigenvalue weighted by molar-refractivity contribution is -0.181. The third kappa shape index (κ3) is 5.85. The summed E-state index contributed by atoms with van der Waals surface area (Å²) in [5, 5.41) is 8.73. The normalized spacial score (nSPS) is 25.1. The number of hydrogen-bond donors (Lipinski definition) is 0. The molecule has 0 saturated carbocycles. The highest BCUT2D eigenvalue weighted by Crippen LogP contribution is 2.43. The van der Waals surface area contributed by atoms with Gasteiger partial charge in [0.15, 0.2) is 18.3 Å². The standard InChI is InChI=1S/C19H20INO6S/c1-10(22)25-15-9-28-19(16(20)14-6-4-13(8-21)5-7-14)18(27-12(3)24)17(15)26-11(2)23/h4-7,15-19H,9H2,1-3H3. The first-order chi connectivity index (χ1) is 13.2. The van der Waals surface area contributed by atoms with E-state index >= 15 is 0 Å². The molecule has 1 fully saturated rings. The molecule has 0 aromatic heterocycles. The van der Waals surface area contributed by atoms with Crippen LogP contribution in [0.25, 0.3) is 0 Å². The fraction of sp³-hybridized carbons (Fsp3) is 0.474. The van der Waals surface area contributed by atoms with Gasteiger partial charge in [0.05, 0.1) is 20.8 Å². The van der Waals surface area contributed by atoms with Crippen LogP contribution in [-0.4, -0.2) is 47.2 Å². The second kappa shape index (κ2) is 10.1. The summed E-state index contributed by atoms with van der Waals surface area (Å²) in [5.41, 5.74) is 1.50. The van der Waals surface area contributed by atoms with Crippen molar-refractivity contribution in [2.75, 3.05) is 5.75 Å². The summed E-state index contributed by atoms with van der Waals surface area (Å²) in [5.74, 6) is -1.16. The van der Waals surface area contributed by atoms with Crippen molar-refractivity contribution in [1.29, 1.82) is 5.26 Å². The van der Waals surface area contributed by atoms with Crippen molar-refractivity contribution in [3.8, 4) is 6.07 Å². The number of esters is 3. The summed E-state index contributed by atoms with van der Waals surface area (Å²) in [7, 11) is 0. The average molecular weight is 517 g/mol. The molecular formula is C19H20INO6S. The molecule has 0 bridgehead atoms. The zero-order valence-corrected chi connectivity index (χ0v) is 18.6. The van der Waals surface area contributed by atoms with Crippen LogP contribution in [0.4, 0.5) is 0 Å². The van der Waals surface area contributed by atoms with E-state index in [0.717, 1.165) is 5.56 Å². The first kappa shape index (κ1) is 22.5. The van der Waals surface area contributed by atoms with Crippen molar-refractivity contribution in [2.45, 2.75) is 48.3 Å². The maximum Gasteiger partial charge on any atom is 0.303 e. The lowest BCUT2D eigenvalue weighted by Crippen LogP contribution is -2.55. The van der Waals surface area contributed by atoms with Crippen LogP contribution in [0.3, 0.4) is 0 Å². The highest BCUT2D eigenvalue weighted by atomic mass is 127. The molecule has 150 valence electrons. The lowest BCUT2D eigenvalue weighted by atomic mass is 9.98. The number of nitrogens with zero attached hydrogens (tertiary/aromatic N) is 1. The second-order valence-electron chi connectivity index (χ2n) is 6.23. The molecule has 1 aromatic rings. The molecule has 28 heavy (non-hydrogen) atoms. The highest BCUT2D eigenvalue weighted by molar-refractivity contribution is 14.1. The summed E-state index contributed by atoms with van der Waals surface area (Å²) in [6, 6.07) is 9.22. The van der Waals surface area contributed by atoms with Gasteiger partial charge in [-0.2, -0.15) is 5.26 Å². The fourth-order valence-electron chi connectivity index (χ4n) is 2.95. The van der Waals surface area contributed by atoms with Crippen LogP contribution in [0, 0.1) is 11.3 Å². The van der Waals surface area contributed by atoms with E-state index in [-0.39, 0.29) is 9.17 Å². The van der Waals surface area contributed by atoms with Gasteiger partial charge in [0.2, 0.25) is 0 Å². The lowest BCUT2D eigenvalue weighted by Gasteiger charge is -2.42. The van der Waals surface area contributed by atoms with Crippen LogP contribution < -0.4 is 0 Å². The van der Waals surface area contributed by atoms with Crippen molar-refractivity contribution in [1.82, 2.24) is 0 Å². The zero-order chi connectivity index (χ0) is 20.8. The van der Waals surface area contributed by atoms with E-state index in [1.54, 1.807) is 12.1 Å². The number of nitriles is 1. The number of alkyl halides is 1. The molecule has 0 radical (unpaired) electrons. The van der Waals surface area contributed by atoms with E-state index in [0.29, 0.717) is 11.3 Å². The Morgan fingerprint density at radius 3 is 2.07 bits per heavy atom. The van der Waals surface area contributed by atoms with Crippen molar-refractivity contribution >= 4 is 52.3 Å². The maximum absolute atomic E-state index is 11.7. The van der Waals surface area contributed by atoms with E-state index in [4.69, 9.17) is 19.5 Å². The van der Waals surface area contributed by atoms with Gasteiger partial charge in [-0.25, -0.2) is 0 Å². The summed E-state index contributed by atoms with van der Waals surface area (Å²) in [4.78, 5) is 34.9. The number of thioether (sulfide) groups is 1. The first-order valence-electron chi connectivity index (χ1n) is 8.50. The van der Waals surface area contributed by atoms with Crippen LogP contribution in [-0.2, 0) is 28.6 Å². The number of halogens is 1. The van der Waals surface area contributed by atoms with E-state index in [1.807, 2.05) is 12.1 Å². The fourth-order valence-corrected chi connectivity index (χ4v) is 5.79. The summed E-state index contributed by atoms with van der Waals surface area (Å²) in [6.07, 6.45) is -2.40. The number of carbonyl (C=O) groups is 3. The first-order valence-corrected chi connectivity index (χ1v) is 10.8. The Labute approximate surface area is 181 Å². The van der Waals surface area contributed by atoms with Crippen LogP contribution in [0.1, 0.15) is 35.8 Å². The topological polar surface area (TPSA) is 103 Å². The largest absolute Gasteiger partial charge is 0.458 e.